The molecule has 0 spiro atoms. The molecule has 4 rings (SSSR count). The minimum absolute atomic E-state index is 0.00495. The van der Waals surface area contributed by atoms with Gasteiger partial charge in [0.15, 0.2) is 12.4 Å². The Morgan fingerprint density at radius 3 is 2.66 bits per heavy atom. The summed E-state index contributed by atoms with van der Waals surface area (Å²) in [7, 11) is 0. The van der Waals surface area contributed by atoms with Crippen LogP contribution in [0.5, 0.6) is 11.5 Å². The zero-order valence-electron chi connectivity index (χ0n) is 21.9. The van der Waals surface area contributed by atoms with E-state index in [-0.39, 0.29) is 24.2 Å². The molecule has 2 aromatic carbocycles. The summed E-state index contributed by atoms with van der Waals surface area (Å²) in [6.07, 6.45) is 7.84. The largest absolute Gasteiger partial charge is 0.506 e. The van der Waals surface area contributed by atoms with E-state index in [9.17, 15) is 14.7 Å². The Balaban J connectivity index is 1.21. The van der Waals surface area contributed by atoms with Gasteiger partial charge in [-0.15, -0.1) is 0 Å². The molecular formula is C29H39ClN4O4. The van der Waals surface area contributed by atoms with Crippen LogP contribution in [0.4, 0.5) is 5.69 Å². The van der Waals surface area contributed by atoms with Crippen molar-refractivity contribution in [1.29, 1.82) is 0 Å². The number of ether oxygens (including phenoxy) is 1. The highest BCUT2D eigenvalue weighted by Crippen LogP contribution is 2.39. The molecule has 0 unspecified atom stereocenters. The highest BCUT2D eigenvalue weighted by molar-refractivity contribution is 6.30. The SMILES string of the molecule is O=C1COc2c(CCNCCN(C(=O)CCNCCc3cccc(Cl)c3)C3CCCCC3)ccc(O)c2N1. The standard InChI is InChI=1S/C29H39ClN4O4/c30-23-6-4-5-21(19-23)11-14-31-16-13-27(37)34(24-7-2-1-3-8-24)18-17-32-15-12-22-9-10-25(35)28-29(22)38-20-26(36)33-28/h4-6,9-10,19,24,31-32,35H,1-3,7-8,11-18,20H2,(H,33,36). The predicted octanol–water partition coefficient (Wildman–Crippen LogP) is 3.89. The number of nitrogens with zero attached hydrogens (tertiary/aromatic N) is 1. The Bertz CT molecular complexity index is 1090. The van der Waals surface area contributed by atoms with E-state index in [0.29, 0.717) is 56.5 Å². The lowest BCUT2D eigenvalue weighted by Gasteiger charge is -2.34. The van der Waals surface area contributed by atoms with Crippen LogP contribution >= 0.6 is 11.6 Å². The van der Waals surface area contributed by atoms with Crippen LogP contribution in [0.3, 0.4) is 0 Å². The summed E-state index contributed by atoms with van der Waals surface area (Å²) in [5.41, 5.74) is 2.46. The van der Waals surface area contributed by atoms with Crippen molar-refractivity contribution in [2.45, 2.75) is 57.4 Å². The van der Waals surface area contributed by atoms with E-state index in [1.807, 2.05) is 24.3 Å². The Morgan fingerprint density at radius 2 is 1.84 bits per heavy atom. The van der Waals surface area contributed by atoms with Gasteiger partial charge < -0.3 is 30.7 Å². The lowest BCUT2D eigenvalue weighted by Crippen LogP contribution is -2.45. The van der Waals surface area contributed by atoms with Crippen molar-refractivity contribution in [3.05, 3.63) is 52.5 Å². The minimum Gasteiger partial charge on any atom is -0.506 e. The second-order valence-corrected chi connectivity index (χ2v) is 10.5. The molecular weight excluding hydrogens is 504 g/mol. The molecule has 1 saturated carbocycles. The fourth-order valence-corrected chi connectivity index (χ4v) is 5.46. The smallest absolute Gasteiger partial charge is 0.262 e. The van der Waals surface area contributed by atoms with Gasteiger partial charge in [0, 0.05) is 37.1 Å². The second kappa shape index (κ2) is 14.4. The number of carbonyl (C=O) groups is 2. The molecule has 2 aliphatic rings. The van der Waals surface area contributed by atoms with Crippen LogP contribution in [0, 0.1) is 0 Å². The maximum absolute atomic E-state index is 13.2. The van der Waals surface area contributed by atoms with Crippen molar-refractivity contribution in [1.82, 2.24) is 15.5 Å². The highest BCUT2D eigenvalue weighted by Gasteiger charge is 2.25. The maximum atomic E-state index is 13.2. The van der Waals surface area contributed by atoms with E-state index in [2.05, 4.69) is 26.9 Å². The number of rotatable bonds is 13. The quantitative estimate of drug-likeness (QED) is 0.226. The molecule has 0 radical (unpaired) electrons. The number of phenols is 1. The zero-order valence-corrected chi connectivity index (χ0v) is 22.7. The van der Waals surface area contributed by atoms with Crippen molar-refractivity contribution in [2.24, 2.45) is 0 Å². The number of hydrogen-bond donors (Lipinski definition) is 4. The first-order chi connectivity index (χ1) is 18.5. The molecule has 206 valence electrons. The van der Waals surface area contributed by atoms with Crippen LogP contribution in [-0.2, 0) is 22.4 Å². The zero-order chi connectivity index (χ0) is 26.7. The number of halogens is 1. The molecule has 1 aliphatic heterocycles. The summed E-state index contributed by atoms with van der Waals surface area (Å²) in [6, 6.07) is 11.6. The summed E-state index contributed by atoms with van der Waals surface area (Å²) in [4.78, 5) is 26.9. The third-order valence-electron chi connectivity index (χ3n) is 7.26. The van der Waals surface area contributed by atoms with Gasteiger partial charge in [-0.2, -0.15) is 0 Å². The van der Waals surface area contributed by atoms with Crippen LogP contribution in [-0.4, -0.2) is 67.2 Å². The molecule has 1 heterocycles. The molecule has 0 aromatic heterocycles. The van der Waals surface area contributed by atoms with Crippen LogP contribution in [0.2, 0.25) is 5.02 Å². The van der Waals surface area contributed by atoms with Crippen LogP contribution in [0.1, 0.15) is 49.7 Å². The monoisotopic (exact) mass is 542 g/mol. The number of anilines is 1. The summed E-state index contributed by atoms with van der Waals surface area (Å²) in [5, 5.41) is 20.3. The van der Waals surface area contributed by atoms with Gasteiger partial charge in [-0.25, -0.2) is 0 Å². The molecule has 38 heavy (non-hydrogen) atoms. The van der Waals surface area contributed by atoms with Crippen molar-refractivity contribution >= 4 is 29.1 Å². The Labute approximate surface area is 230 Å². The van der Waals surface area contributed by atoms with Crippen LogP contribution in [0.15, 0.2) is 36.4 Å². The van der Waals surface area contributed by atoms with E-state index in [1.165, 1.54) is 24.8 Å². The van der Waals surface area contributed by atoms with Crippen molar-refractivity contribution < 1.29 is 19.4 Å². The van der Waals surface area contributed by atoms with Gasteiger partial charge in [0.05, 0.1) is 0 Å². The number of phenolic OH excluding ortho intramolecular Hbond substituents is 1. The maximum Gasteiger partial charge on any atom is 0.262 e. The minimum atomic E-state index is -0.271. The van der Waals surface area contributed by atoms with E-state index >= 15 is 0 Å². The molecule has 1 fully saturated rings. The summed E-state index contributed by atoms with van der Waals surface area (Å²) in [5.74, 6) is 0.483. The average Bonchev–Trinajstić information content (AvgIpc) is 2.92. The van der Waals surface area contributed by atoms with E-state index in [4.69, 9.17) is 16.3 Å². The average molecular weight is 543 g/mol. The number of hydrogen-bond acceptors (Lipinski definition) is 6. The normalized spacial score (nSPS) is 15.4. The molecule has 4 N–H and O–H groups in total. The molecule has 0 bridgehead atoms. The molecule has 1 aliphatic carbocycles. The van der Waals surface area contributed by atoms with Crippen molar-refractivity contribution in [2.75, 3.05) is 44.6 Å². The lowest BCUT2D eigenvalue weighted by atomic mass is 9.94. The van der Waals surface area contributed by atoms with E-state index in [1.54, 1.807) is 6.07 Å². The molecule has 0 atom stereocenters. The Kier molecular flexibility index (Phi) is 10.7. The van der Waals surface area contributed by atoms with Gasteiger partial charge in [-0.3, -0.25) is 9.59 Å². The fourth-order valence-electron chi connectivity index (χ4n) is 5.25. The number of aromatic hydroxyl groups is 1. The van der Waals surface area contributed by atoms with E-state index in [0.717, 1.165) is 36.4 Å². The molecule has 0 saturated heterocycles. The predicted molar refractivity (Wildman–Crippen MR) is 150 cm³/mol. The summed E-state index contributed by atoms with van der Waals surface area (Å²) >= 11 is 6.06. The van der Waals surface area contributed by atoms with Crippen molar-refractivity contribution in [3.8, 4) is 11.5 Å². The van der Waals surface area contributed by atoms with Gasteiger partial charge in [0.1, 0.15) is 11.4 Å². The molecule has 9 heteroatoms. The Hall–Kier alpha value is -2.81. The number of nitrogens with one attached hydrogen (secondary N) is 3. The summed E-state index contributed by atoms with van der Waals surface area (Å²) in [6.45, 7) is 3.52. The first kappa shape index (κ1) is 28.2. The number of benzene rings is 2. The van der Waals surface area contributed by atoms with E-state index < -0.39 is 0 Å². The number of carbonyl (C=O) groups excluding carboxylic acids is 2. The first-order valence-corrected chi connectivity index (χ1v) is 14.1. The third-order valence-corrected chi connectivity index (χ3v) is 7.50. The number of fused-ring (bicyclic) bond motifs is 1. The van der Waals surface area contributed by atoms with Gasteiger partial charge in [0.25, 0.3) is 5.91 Å². The molecule has 2 amide bonds. The lowest BCUT2D eigenvalue weighted by molar-refractivity contribution is -0.134. The van der Waals surface area contributed by atoms with Crippen molar-refractivity contribution in [3.63, 3.8) is 0 Å². The highest BCUT2D eigenvalue weighted by atomic mass is 35.5. The van der Waals surface area contributed by atoms with Crippen LogP contribution < -0.4 is 20.7 Å². The van der Waals surface area contributed by atoms with Gasteiger partial charge in [-0.1, -0.05) is 49.1 Å². The second-order valence-electron chi connectivity index (χ2n) is 10.0. The number of amides is 2. The summed E-state index contributed by atoms with van der Waals surface area (Å²) < 4.78 is 5.57. The molecule has 8 nitrogen and oxygen atoms in total. The first-order valence-electron chi connectivity index (χ1n) is 13.7. The van der Waals surface area contributed by atoms with Gasteiger partial charge in [-0.05, 0) is 68.1 Å². The molecule has 2 aromatic rings. The van der Waals surface area contributed by atoms with Crippen LogP contribution in [0.25, 0.3) is 0 Å². The Morgan fingerprint density at radius 1 is 1.05 bits per heavy atom. The third kappa shape index (κ3) is 8.09. The van der Waals surface area contributed by atoms with Gasteiger partial charge >= 0.3 is 0 Å². The van der Waals surface area contributed by atoms with Gasteiger partial charge in [0.2, 0.25) is 5.91 Å². The fraction of sp³-hybridized carbons (Fsp3) is 0.517. The topological polar surface area (TPSA) is 103 Å².